The summed E-state index contributed by atoms with van der Waals surface area (Å²) in [5.74, 6) is 0. The van der Waals surface area contributed by atoms with E-state index in [2.05, 4.69) is 43.4 Å². The number of hydrogen-bond donors (Lipinski definition) is 1. The minimum absolute atomic E-state index is 0.455. The Kier molecular flexibility index (Phi) is 4.43. The third kappa shape index (κ3) is 3.74. The molecule has 1 aromatic rings. The Bertz CT molecular complexity index is 331. The molecule has 2 atom stereocenters. The Morgan fingerprint density at radius 3 is 2.76 bits per heavy atom. The van der Waals surface area contributed by atoms with Crippen molar-refractivity contribution in [2.45, 2.75) is 51.7 Å². The van der Waals surface area contributed by atoms with Crippen LogP contribution in [-0.4, -0.2) is 18.8 Å². The van der Waals surface area contributed by atoms with E-state index < -0.39 is 0 Å². The number of aryl methyl sites for hydroxylation is 1. The van der Waals surface area contributed by atoms with Crippen molar-refractivity contribution in [3.63, 3.8) is 0 Å². The van der Waals surface area contributed by atoms with E-state index in [9.17, 15) is 0 Å². The van der Waals surface area contributed by atoms with Gasteiger partial charge in [-0.25, -0.2) is 0 Å². The molecular weight excluding hydrogens is 210 g/mol. The standard InChI is InChI=1S/C15H23NO/c1-3-4-15-11-14(9-10-17-15)16-13-7-5-12(2)6-8-13/h5-8,14-16H,3-4,9-11H2,1-2H3. The normalized spacial score (nSPS) is 24.6. The molecule has 0 saturated carbocycles. The molecule has 0 bridgehead atoms. The van der Waals surface area contributed by atoms with Crippen LogP contribution in [0.5, 0.6) is 0 Å². The number of ether oxygens (including phenoxy) is 1. The SMILES string of the molecule is CCCC1CC(Nc2ccc(C)cc2)CCO1. The average Bonchev–Trinajstić information content (AvgIpc) is 2.33. The second kappa shape index (κ2) is 6.06. The van der Waals surface area contributed by atoms with Crippen LogP contribution in [0.4, 0.5) is 5.69 Å². The zero-order valence-corrected chi connectivity index (χ0v) is 10.9. The maximum absolute atomic E-state index is 5.77. The third-order valence-electron chi connectivity index (χ3n) is 3.40. The first kappa shape index (κ1) is 12.4. The molecule has 2 nitrogen and oxygen atoms in total. The number of hydrogen-bond acceptors (Lipinski definition) is 2. The van der Waals surface area contributed by atoms with Gasteiger partial charge in [-0.05, 0) is 38.3 Å². The van der Waals surface area contributed by atoms with Crippen LogP contribution in [0.2, 0.25) is 0 Å². The lowest BCUT2D eigenvalue weighted by atomic mass is 10.00. The fraction of sp³-hybridized carbons (Fsp3) is 0.600. The van der Waals surface area contributed by atoms with E-state index in [1.165, 1.54) is 24.1 Å². The van der Waals surface area contributed by atoms with Crippen molar-refractivity contribution in [1.82, 2.24) is 0 Å². The van der Waals surface area contributed by atoms with E-state index in [1.54, 1.807) is 0 Å². The zero-order valence-electron chi connectivity index (χ0n) is 10.9. The second-order valence-electron chi connectivity index (χ2n) is 5.01. The van der Waals surface area contributed by atoms with Crippen molar-refractivity contribution in [2.24, 2.45) is 0 Å². The molecule has 1 aliphatic heterocycles. The molecule has 1 aliphatic rings. The number of rotatable bonds is 4. The van der Waals surface area contributed by atoms with E-state index in [1.807, 2.05) is 0 Å². The monoisotopic (exact) mass is 233 g/mol. The van der Waals surface area contributed by atoms with E-state index in [4.69, 9.17) is 4.74 Å². The molecular formula is C15H23NO. The average molecular weight is 233 g/mol. The smallest absolute Gasteiger partial charge is 0.0594 e. The number of anilines is 1. The van der Waals surface area contributed by atoms with Gasteiger partial charge in [-0.1, -0.05) is 31.0 Å². The van der Waals surface area contributed by atoms with Gasteiger partial charge in [0.15, 0.2) is 0 Å². The van der Waals surface area contributed by atoms with Crippen LogP contribution in [0.3, 0.4) is 0 Å². The molecule has 2 heteroatoms. The molecule has 0 amide bonds. The molecule has 0 radical (unpaired) electrons. The maximum Gasteiger partial charge on any atom is 0.0594 e. The lowest BCUT2D eigenvalue weighted by Gasteiger charge is -2.30. The lowest BCUT2D eigenvalue weighted by molar-refractivity contribution is 0.00598. The number of nitrogens with one attached hydrogen (secondary N) is 1. The predicted molar refractivity (Wildman–Crippen MR) is 72.5 cm³/mol. The topological polar surface area (TPSA) is 21.3 Å². The molecule has 94 valence electrons. The van der Waals surface area contributed by atoms with Gasteiger partial charge in [0.2, 0.25) is 0 Å². The molecule has 2 unspecified atom stereocenters. The van der Waals surface area contributed by atoms with Gasteiger partial charge in [0.1, 0.15) is 0 Å². The van der Waals surface area contributed by atoms with E-state index >= 15 is 0 Å². The Labute approximate surface area is 104 Å². The molecule has 17 heavy (non-hydrogen) atoms. The van der Waals surface area contributed by atoms with Gasteiger partial charge < -0.3 is 10.1 Å². The summed E-state index contributed by atoms with van der Waals surface area (Å²) in [4.78, 5) is 0. The Morgan fingerprint density at radius 2 is 2.06 bits per heavy atom. The Morgan fingerprint density at radius 1 is 1.29 bits per heavy atom. The van der Waals surface area contributed by atoms with Gasteiger partial charge in [-0.15, -0.1) is 0 Å². The summed E-state index contributed by atoms with van der Waals surface area (Å²) >= 11 is 0. The van der Waals surface area contributed by atoms with Crippen LogP contribution in [0.15, 0.2) is 24.3 Å². The molecule has 1 aromatic carbocycles. The van der Waals surface area contributed by atoms with Crippen LogP contribution in [0.1, 0.15) is 38.2 Å². The van der Waals surface area contributed by atoms with Crippen LogP contribution in [-0.2, 0) is 4.74 Å². The second-order valence-corrected chi connectivity index (χ2v) is 5.01. The highest BCUT2D eigenvalue weighted by atomic mass is 16.5. The molecule has 2 rings (SSSR count). The van der Waals surface area contributed by atoms with Crippen LogP contribution in [0.25, 0.3) is 0 Å². The quantitative estimate of drug-likeness (QED) is 0.855. The molecule has 0 aromatic heterocycles. The van der Waals surface area contributed by atoms with Gasteiger partial charge in [-0.2, -0.15) is 0 Å². The summed E-state index contributed by atoms with van der Waals surface area (Å²) in [5.41, 5.74) is 2.55. The largest absolute Gasteiger partial charge is 0.382 e. The summed E-state index contributed by atoms with van der Waals surface area (Å²) < 4.78 is 5.77. The summed E-state index contributed by atoms with van der Waals surface area (Å²) in [7, 11) is 0. The van der Waals surface area contributed by atoms with Gasteiger partial charge in [0, 0.05) is 18.3 Å². The first-order valence-electron chi connectivity index (χ1n) is 6.72. The minimum Gasteiger partial charge on any atom is -0.382 e. The van der Waals surface area contributed by atoms with Crippen molar-refractivity contribution in [1.29, 1.82) is 0 Å². The highest BCUT2D eigenvalue weighted by molar-refractivity contribution is 5.45. The first-order valence-corrected chi connectivity index (χ1v) is 6.72. The van der Waals surface area contributed by atoms with Crippen molar-refractivity contribution in [2.75, 3.05) is 11.9 Å². The molecule has 0 aliphatic carbocycles. The molecule has 1 N–H and O–H groups in total. The van der Waals surface area contributed by atoms with E-state index in [-0.39, 0.29) is 0 Å². The molecule has 0 spiro atoms. The minimum atomic E-state index is 0.455. The van der Waals surface area contributed by atoms with E-state index in [0.29, 0.717) is 12.1 Å². The van der Waals surface area contributed by atoms with Crippen molar-refractivity contribution >= 4 is 5.69 Å². The van der Waals surface area contributed by atoms with Crippen molar-refractivity contribution in [3.05, 3.63) is 29.8 Å². The fourth-order valence-electron chi connectivity index (χ4n) is 2.42. The molecule has 1 heterocycles. The Balaban J connectivity index is 1.87. The van der Waals surface area contributed by atoms with Crippen LogP contribution in [0, 0.1) is 6.92 Å². The highest BCUT2D eigenvalue weighted by Crippen LogP contribution is 2.21. The first-order chi connectivity index (χ1) is 8.28. The third-order valence-corrected chi connectivity index (χ3v) is 3.40. The van der Waals surface area contributed by atoms with E-state index in [0.717, 1.165) is 19.4 Å². The summed E-state index contributed by atoms with van der Waals surface area (Å²) in [5, 5.41) is 3.62. The summed E-state index contributed by atoms with van der Waals surface area (Å²) in [6, 6.07) is 9.22. The lowest BCUT2D eigenvalue weighted by Crippen LogP contribution is -2.33. The highest BCUT2D eigenvalue weighted by Gasteiger charge is 2.21. The van der Waals surface area contributed by atoms with Gasteiger partial charge >= 0.3 is 0 Å². The van der Waals surface area contributed by atoms with Crippen molar-refractivity contribution < 1.29 is 4.74 Å². The van der Waals surface area contributed by atoms with Gasteiger partial charge in [0.05, 0.1) is 6.10 Å². The van der Waals surface area contributed by atoms with Crippen molar-refractivity contribution in [3.8, 4) is 0 Å². The summed E-state index contributed by atoms with van der Waals surface area (Å²) in [6.45, 7) is 5.24. The van der Waals surface area contributed by atoms with Gasteiger partial charge in [0.25, 0.3) is 0 Å². The maximum atomic E-state index is 5.77. The molecule has 1 fully saturated rings. The summed E-state index contributed by atoms with van der Waals surface area (Å²) in [6.07, 6.45) is 5.11. The Hall–Kier alpha value is -1.02. The molecule has 1 saturated heterocycles. The van der Waals surface area contributed by atoms with Crippen LogP contribution < -0.4 is 5.32 Å². The number of benzene rings is 1. The zero-order chi connectivity index (χ0) is 12.1. The predicted octanol–water partition coefficient (Wildman–Crippen LogP) is 3.75. The fourth-order valence-corrected chi connectivity index (χ4v) is 2.42. The van der Waals surface area contributed by atoms with Gasteiger partial charge in [-0.3, -0.25) is 0 Å². The van der Waals surface area contributed by atoms with Crippen LogP contribution >= 0.6 is 0 Å².